The first kappa shape index (κ1) is 13.1. The minimum absolute atomic E-state index is 0.172. The molecule has 6 heteroatoms. The van der Waals surface area contributed by atoms with Gasteiger partial charge in [0.05, 0.1) is 13.2 Å². The molecule has 1 aliphatic heterocycles. The third-order valence-corrected chi connectivity index (χ3v) is 2.97. The van der Waals surface area contributed by atoms with Gasteiger partial charge in [0.1, 0.15) is 0 Å². The molecule has 0 aromatic heterocycles. The zero-order valence-corrected chi connectivity index (χ0v) is 9.98. The van der Waals surface area contributed by atoms with Crippen molar-refractivity contribution in [2.45, 2.75) is 26.2 Å². The summed E-state index contributed by atoms with van der Waals surface area (Å²) >= 11 is 5.74. The summed E-state index contributed by atoms with van der Waals surface area (Å²) < 4.78 is 5.24. The van der Waals surface area contributed by atoms with Gasteiger partial charge in [-0.15, -0.1) is 10.1 Å². The first-order valence-electron chi connectivity index (χ1n) is 5.37. The van der Waals surface area contributed by atoms with E-state index in [1.165, 1.54) is 0 Å². The Balaban J connectivity index is 2.12. The van der Waals surface area contributed by atoms with E-state index in [1.807, 2.05) is 6.08 Å². The fourth-order valence-electron chi connectivity index (χ4n) is 1.72. The molecule has 2 atom stereocenters. The van der Waals surface area contributed by atoms with E-state index in [0.717, 1.165) is 12.8 Å². The van der Waals surface area contributed by atoms with Crippen LogP contribution in [0.1, 0.15) is 26.2 Å². The van der Waals surface area contributed by atoms with Crippen LogP contribution in [0.4, 0.5) is 0 Å². The first-order chi connectivity index (χ1) is 7.59. The standard InChI is InChI=1S/C10H16ClNO4/c1-8-6-10(11)15-7-9(8)4-2-3-5-16-12(13)14/h6,8-9H,2-5,7H2,1H3. The lowest BCUT2D eigenvalue weighted by atomic mass is 9.89. The van der Waals surface area contributed by atoms with E-state index in [2.05, 4.69) is 11.8 Å². The molecule has 1 aliphatic rings. The van der Waals surface area contributed by atoms with E-state index in [-0.39, 0.29) is 6.61 Å². The lowest BCUT2D eigenvalue weighted by Gasteiger charge is -2.26. The molecule has 0 saturated heterocycles. The molecule has 92 valence electrons. The molecular formula is C10H16ClNO4. The van der Waals surface area contributed by atoms with E-state index < -0.39 is 5.09 Å². The zero-order chi connectivity index (χ0) is 12.0. The molecule has 0 radical (unpaired) electrons. The van der Waals surface area contributed by atoms with E-state index >= 15 is 0 Å². The van der Waals surface area contributed by atoms with Crippen molar-refractivity contribution in [3.05, 3.63) is 21.4 Å². The van der Waals surface area contributed by atoms with Gasteiger partial charge in [-0.2, -0.15) is 0 Å². The Morgan fingerprint density at radius 3 is 3.06 bits per heavy atom. The van der Waals surface area contributed by atoms with Crippen LogP contribution in [0.2, 0.25) is 0 Å². The summed E-state index contributed by atoms with van der Waals surface area (Å²) in [6, 6.07) is 0. The molecule has 0 aromatic rings. The molecule has 0 saturated carbocycles. The Morgan fingerprint density at radius 1 is 1.69 bits per heavy atom. The second-order valence-corrected chi connectivity index (χ2v) is 4.33. The largest absolute Gasteiger partial charge is 0.483 e. The molecule has 5 nitrogen and oxygen atoms in total. The number of hydrogen-bond acceptors (Lipinski definition) is 4. The van der Waals surface area contributed by atoms with E-state index in [4.69, 9.17) is 16.3 Å². The monoisotopic (exact) mass is 249 g/mol. The lowest BCUT2D eigenvalue weighted by Crippen LogP contribution is -2.20. The van der Waals surface area contributed by atoms with Crippen LogP contribution in [0.15, 0.2) is 11.3 Å². The van der Waals surface area contributed by atoms with Crippen LogP contribution in [0.3, 0.4) is 0 Å². The maximum atomic E-state index is 9.89. The van der Waals surface area contributed by atoms with Gasteiger partial charge in [-0.1, -0.05) is 13.3 Å². The van der Waals surface area contributed by atoms with Crippen LogP contribution >= 0.6 is 11.6 Å². The van der Waals surface area contributed by atoms with E-state index in [0.29, 0.717) is 30.1 Å². The fraction of sp³-hybridized carbons (Fsp3) is 0.800. The maximum Gasteiger partial charge on any atom is 0.294 e. The van der Waals surface area contributed by atoms with Crippen molar-refractivity contribution in [3.8, 4) is 0 Å². The summed E-state index contributed by atoms with van der Waals surface area (Å²) in [5, 5.41) is 9.61. The third kappa shape index (κ3) is 4.70. The predicted octanol–water partition coefficient (Wildman–Crippen LogP) is 2.73. The Bertz CT molecular complexity index is 270. The van der Waals surface area contributed by atoms with Gasteiger partial charge < -0.3 is 9.57 Å². The number of rotatable bonds is 6. The second kappa shape index (κ2) is 6.58. The second-order valence-electron chi connectivity index (χ2n) is 3.95. The van der Waals surface area contributed by atoms with E-state index in [1.54, 1.807) is 0 Å². The van der Waals surface area contributed by atoms with Gasteiger partial charge in [-0.3, -0.25) is 0 Å². The number of ether oxygens (including phenoxy) is 1. The van der Waals surface area contributed by atoms with Crippen LogP contribution in [0.25, 0.3) is 0 Å². The molecule has 0 N–H and O–H groups in total. The molecule has 1 rings (SSSR count). The highest BCUT2D eigenvalue weighted by Crippen LogP contribution is 2.27. The fourth-order valence-corrected chi connectivity index (χ4v) is 1.98. The average Bonchev–Trinajstić information content (AvgIpc) is 2.20. The van der Waals surface area contributed by atoms with Crippen LogP contribution in [0, 0.1) is 22.0 Å². The minimum Gasteiger partial charge on any atom is -0.483 e. The Kier molecular flexibility index (Phi) is 5.38. The molecule has 0 aliphatic carbocycles. The van der Waals surface area contributed by atoms with Crippen molar-refractivity contribution in [1.29, 1.82) is 0 Å². The van der Waals surface area contributed by atoms with Gasteiger partial charge in [0.2, 0.25) is 0 Å². The van der Waals surface area contributed by atoms with Crippen LogP contribution in [-0.4, -0.2) is 18.3 Å². The Labute approximate surface area is 99.5 Å². The summed E-state index contributed by atoms with van der Waals surface area (Å²) in [5.74, 6) is 0.843. The number of nitrogens with zero attached hydrogens (tertiary/aromatic N) is 1. The third-order valence-electron chi connectivity index (χ3n) is 2.74. The molecule has 1 heterocycles. The minimum atomic E-state index is -0.755. The summed E-state index contributed by atoms with van der Waals surface area (Å²) in [6.45, 7) is 2.90. The maximum absolute atomic E-state index is 9.89. The Hall–Kier alpha value is -0.970. The highest BCUT2D eigenvalue weighted by atomic mass is 35.5. The highest BCUT2D eigenvalue weighted by molar-refractivity contribution is 6.28. The molecule has 0 aromatic carbocycles. The molecule has 0 bridgehead atoms. The number of allylic oxidation sites excluding steroid dienone is 1. The highest BCUT2D eigenvalue weighted by Gasteiger charge is 2.21. The smallest absolute Gasteiger partial charge is 0.294 e. The van der Waals surface area contributed by atoms with Crippen molar-refractivity contribution in [1.82, 2.24) is 0 Å². The summed E-state index contributed by atoms with van der Waals surface area (Å²) in [4.78, 5) is 14.1. The summed E-state index contributed by atoms with van der Waals surface area (Å²) in [5.41, 5.74) is 0. The molecule has 0 fully saturated rings. The van der Waals surface area contributed by atoms with Gasteiger partial charge in [0.15, 0.2) is 5.22 Å². The van der Waals surface area contributed by atoms with Gasteiger partial charge in [-0.05, 0) is 42.4 Å². The Morgan fingerprint density at radius 2 is 2.44 bits per heavy atom. The normalized spacial score (nSPS) is 24.5. The SMILES string of the molecule is CC1C=C(Cl)OCC1CCCCO[N+](=O)[O-]. The van der Waals surface area contributed by atoms with E-state index in [9.17, 15) is 10.1 Å². The van der Waals surface area contributed by atoms with Gasteiger partial charge >= 0.3 is 0 Å². The molecule has 2 unspecified atom stereocenters. The van der Waals surface area contributed by atoms with Crippen LogP contribution in [-0.2, 0) is 9.57 Å². The van der Waals surface area contributed by atoms with Gasteiger partial charge in [0.25, 0.3) is 5.09 Å². The van der Waals surface area contributed by atoms with Crippen molar-refractivity contribution >= 4 is 11.6 Å². The van der Waals surface area contributed by atoms with Crippen LogP contribution in [0.5, 0.6) is 0 Å². The molecule has 0 amide bonds. The van der Waals surface area contributed by atoms with Gasteiger partial charge in [-0.25, -0.2) is 0 Å². The van der Waals surface area contributed by atoms with Crippen molar-refractivity contribution in [2.75, 3.05) is 13.2 Å². The lowest BCUT2D eigenvalue weighted by molar-refractivity contribution is -0.757. The number of hydrogen-bond donors (Lipinski definition) is 0. The molecular weight excluding hydrogens is 234 g/mol. The topological polar surface area (TPSA) is 61.6 Å². The van der Waals surface area contributed by atoms with Crippen molar-refractivity contribution < 1.29 is 14.7 Å². The average molecular weight is 250 g/mol. The zero-order valence-electron chi connectivity index (χ0n) is 9.23. The van der Waals surface area contributed by atoms with Crippen molar-refractivity contribution in [3.63, 3.8) is 0 Å². The van der Waals surface area contributed by atoms with Gasteiger partial charge in [0, 0.05) is 0 Å². The quantitative estimate of drug-likeness (QED) is 0.413. The first-order valence-corrected chi connectivity index (χ1v) is 5.75. The summed E-state index contributed by atoms with van der Waals surface area (Å²) in [7, 11) is 0. The van der Waals surface area contributed by atoms with Crippen molar-refractivity contribution in [2.24, 2.45) is 11.8 Å². The molecule has 0 spiro atoms. The number of unbranched alkanes of at least 4 members (excludes halogenated alkanes) is 1. The number of halogens is 1. The molecule has 16 heavy (non-hydrogen) atoms. The van der Waals surface area contributed by atoms with Crippen LogP contribution < -0.4 is 0 Å². The predicted molar refractivity (Wildman–Crippen MR) is 59.3 cm³/mol. The summed E-state index contributed by atoms with van der Waals surface area (Å²) in [6.07, 6.45) is 4.48.